The molecule has 1 atom stereocenters. The molecule has 6 heteroatoms. The molecular formula is C11H14N2O3S. The first-order valence-corrected chi connectivity index (χ1v) is 6.32. The normalized spacial score (nSPS) is 16.6. The van der Waals surface area contributed by atoms with E-state index in [9.17, 15) is 9.59 Å². The lowest BCUT2D eigenvalue weighted by Crippen LogP contribution is -2.17. The van der Waals surface area contributed by atoms with Crippen molar-refractivity contribution in [3.05, 3.63) is 10.6 Å². The number of nitrogens with one attached hydrogen (secondary N) is 1. The number of carbonyl (C=O) groups excluding carboxylic acids is 1. The lowest BCUT2D eigenvalue weighted by molar-refractivity contribution is 0.0687. The maximum Gasteiger partial charge on any atom is 0.356 e. The Morgan fingerprint density at radius 3 is 2.59 bits per heavy atom. The van der Waals surface area contributed by atoms with Gasteiger partial charge in [-0.25, -0.2) is 9.78 Å². The molecule has 0 saturated heterocycles. The van der Waals surface area contributed by atoms with E-state index in [2.05, 4.69) is 10.3 Å². The summed E-state index contributed by atoms with van der Waals surface area (Å²) in [5, 5.41) is 12.6. The number of carboxylic acid groups (broad SMARTS) is 1. The number of aromatic carboxylic acids is 1. The van der Waals surface area contributed by atoms with Crippen molar-refractivity contribution in [1.29, 1.82) is 0 Å². The van der Waals surface area contributed by atoms with Gasteiger partial charge in [-0.2, -0.15) is 0 Å². The molecule has 1 aromatic rings. The lowest BCUT2D eigenvalue weighted by Gasteiger charge is -2.10. The van der Waals surface area contributed by atoms with Gasteiger partial charge >= 0.3 is 5.97 Å². The van der Waals surface area contributed by atoms with Gasteiger partial charge in [-0.05, 0) is 25.7 Å². The van der Waals surface area contributed by atoms with E-state index in [4.69, 9.17) is 5.11 Å². The van der Waals surface area contributed by atoms with Gasteiger partial charge in [-0.1, -0.05) is 11.3 Å². The van der Waals surface area contributed by atoms with Crippen molar-refractivity contribution >= 4 is 28.2 Å². The molecule has 92 valence electrons. The first-order valence-electron chi connectivity index (χ1n) is 5.50. The summed E-state index contributed by atoms with van der Waals surface area (Å²) in [5.41, 5.74) is -0.145. The number of hydrogen-bond donors (Lipinski definition) is 2. The summed E-state index contributed by atoms with van der Waals surface area (Å²) < 4.78 is 0. The SMILES string of the molecule is CC(=O)c1sc(NC(C)C2CC2)nc1C(=O)O. The molecule has 1 aliphatic carbocycles. The van der Waals surface area contributed by atoms with Crippen LogP contribution in [0.25, 0.3) is 0 Å². The van der Waals surface area contributed by atoms with Crippen molar-refractivity contribution in [2.24, 2.45) is 5.92 Å². The number of thiazole rings is 1. The van der Waals surface area contributed by atoms with E-state index in [-0.39, 0.29) is 22.4 Å². The third-order valence-electron chi connectivity index (χ3n) is 2.83. The fourth-order valence-corrected chi connectivity index (χ4v) is 2.62. The Morgan fingerprint density at radius 2 is 2.18 bits per heavy atom. The van der Waals surface area contributed by atoms with E-state index >= 15 is 0 Å². The Balaban J connectivity index is 2.20. The second-order valence-corrected chi connectivity index (χ2v) is 5.33. The standard InChI is InChI=1S/C11H14N2O3S/c1-5(7-3-4-7)12-11-13-8(10(15)16)9(17-11)6(2)14/h5,7H,3-4H2,1-2H3,(H,12,13)(H,15,16). The quantitative estimate of drug-likeness (QED) is 0.788. The van der Waals surface area contributed by atoms with Crippen LogP contribution in [-0.2, 0) is 0 Å². The molecule has 1 aromatic heterocycles. The Kier molecular flexibility index (Phi) is 3.15. The Bertz CT molecular complexity index is 434. The molecule has 1 unspecified atom stereocenters. The van der Waals surface area contributed by atoms with Crippen LogP contribution in [-0.4, -0.2) is 27.9 Å². The maximum absolute atomic E-state index is 11.3. The summed E-state index contributed by atoms with van der Waals surface area (Å²) in [6.07, 6.45) is 2.40. The van der Waals surface area contributed by atoms with Crippen molar-refractivity contribution < 1.29 is 14.7 Å². The molecule has 2 N–H and O–H groups in total. The lowest BCUT2D eigenvalue weighted by atomic mass is 10.2. The third kappa shape index (κ3) is 2.63. The summed E-state index contributed by atoms with van der Waals surface area (Å²) in [4.78, 5) is 26.4. The van der Waals surface area contributed by atoms with Crippen molar-refractivity contribution in [3.8, 4) is 0 Å². The number of ketones is 1. The summed E-state index contributed by atoms with van der Waals surface area (Å²) in [7, 11) is 0. The monoisotopic (exact) mass is 254 g/mol. The van der Waals surface area contributed by atoms with E-state index in [0.29, 0.717) is 11.0 Å². The maximum atomic E-state index is 11.3. The number of rotatable bonds is 5. The molecule has 0 spiro atoms. The predicted octanol–water partition coefficient (Wildman–Crippen LogP) is 2.25. The van der Waals surface area contributed by atoms with Crippen LogP contribution in [0.2, 0.25) is 0 Å². The van der Waals surface area contributed by atoms with Crippen LogP contribution < -0.4 is 5.32 Å². The molecule has 0 aliphatic heterocycles. The van der Waals surface area contributed by atoms with Gasteiger partial charge in [0.05, 0.1) is 0 Å². The van der Waals surface area contributed by atoms with Crippen LogP contribution in [0.4, 0.5) is 5.13 Å². The number of aromatic nitrogens is 1. The molecule has 17 heavy (non-hydrogen) atoms. The van der Waals surface area contributed by atoms with Crippen LogP contribution in [0, 0.1) is 5.92 Å². The minimum absolute atomic E-state index is 0.145. The fourth-order valence-electron chi connectivity index (χ4n) is 1.67. The van der Waals surface area contributed by atoms with E-state index < -0.39 is 5.97 Å². The first-order chi connectivity index (χ1) is 7.99. The highest BCUT2D eigenvalue weighted by molar-refractivity contribution is 7.17. The van der Waals surface area contributed by atoms with E-state index in [1.54, 1.807) is 0 Å². The molecule has 1 saturated carbocycles. The van der Waals surface area contributed by atoms with Gasteiger partial charge in [0.1, 0.15) is 4.88 Å². The zero-order valence-electron chi connectivity index (χ0n) is 9.69. The molecule has 0 aromatic carbocycles. The topological polar surface area (TPSA) is 79.3 Å². The molecule has 2 rings (SSSR count). The van der Waals surface area contributed by atoms with Gasteiger partial charge in [0.25, 0.3) is 0 Å². The van der Waals surface area contributed by atoms with Crippen molar-refractivity contribution in [3.63, 3.8) is 0 Å². The second-order valence-electron chi connectivity index (χ2n) is 4.33. The molecule has 1 fully saturated rings. The van der Waals surface area contributed by atoms with Crippen LogP contribution in [0.3, 0.4) is 0 Å². The smallest absolute Gasteiger partial charge is 0.356 e. The fraction of sp³-hybridized carbons (Fsp3) is 0.545. The van der Waals surface area contributed by atoms with Crippen LogP contribution in [0.1, 0.15) is 46.8 Å². The molecule has 0 bridgehead atoms. The van der Waals surface area contributed by atoms with Gasteiger partial charge in [0.2, 0.25) is 0 Å². The highest BCUT2D eigenvalue weighted by Crippen LogP contribution is 2.35. The molecule has 0 amide bonds. The van der Waals surface area contributed by atoms with E-state index in [1.165, 1.54) is 19.8 Å². The van der Waals surface area contributed by atoms with Gasteiger partial charge < -0.3 is 10.4 Å². The van der Waals surface area contributed by atoms with Gasteiger partial charge in [-0.3, -0.25) is 4.79 Å². The van der Waals surface area contributed by atoms with Crippen LogP contribution in [0.5, 0.6) is 0 Å². The average Bonchev–Trinajstić information content (AvgIpc) is 2.99. The Labute approximate surface area is 103 Å². The van der Waals surface area contributed by atoms with Crippen molar-refractivity contribution in [1.82, 2.24) is 4.98 Å². The Hall–Kier alpha value is -1.43. The number of nitrogens with zero attached hydrogens (tertiary/aromatic N) is 1. The van der Waals surface area contributed by atoms with Crippen molar-refractivity contribution in [2.75, 3.05) is 5.32 Å². The van der Waals surface area contributed by atoms with Gasteiger partial charge in [-0.15, -0.1) is 0 Å². The zero-order chi connectivity index (χ0) is 12.6. The van der Waals surface area contributed by atoms with Crippen LogP contribution >= 0.6 is 11.3 Å². The second kappa shape index (κ2) is 4.44. The summed E-state index contributed by atoms with van der Waals surface area (Å²) in [6, 6.07) is 0.280. The molecule has 1 heterocycles. The predicted molar refractivity (Wildman–Crippen MR) is 64.9 cm³/mol. The van der Waals surface area contributed by atoms with E-state index in [0.717, 1.165) is 11.3 Å². The van der Waals surface area contributed by atoms with Crippen molar-refractivity contribution in [2.45, 2.75) is 32.7 Å². The Morgan fingerprint density at radius 1 is 1.53 bits per heavy atom. The summed E-state index contributed by atoms with van der Waals surface area (Å²) >= 11 is 1.12. The minimum atomic E-state index is -1.15. The minimum Gasteiger partial charge on any atom is -0.476 e. The highest BCUT2D eigenvalue weighted by Gasteiger charge is 2.29. The summed E-state index contributed by atoms with van der Waals surface area (Å²) in [6.45, 7) is 3.40. The number of hydrogen-bond acceptors (Lipinski definition) is 5. The van der Waals surface area contributed by atoms with Crippen LogP contribution in [0.15, 0.2) is 0 Å². The number of anilines is 1. The third-order valence-corrected chi connectivity index (χ3v) is 3.92. The highest BCUT2D eigenvalue weighted by atomic mass is 32.1. The van der Waals surface area contributed by atoms with E-state index in [1.807, 2.05) is 6.92 Å². The van der Waals surface area contributed by atoms with Gasteiger partial charge in [0, 0.05) is 13.0 Å². The molecule has 0 radical (unpaired) electrons. The summed E-state index contributed by atoms with van der Waals surface area (Å²) in [5.74, 6) is -0.765. The molecule has 1 aliphatic rings. The number of carbonyl (C=O) groups is 2. The number of carboxylic acids is 1. The molecule has 5 nitrogen and oxygen atoms in total. The first kappa shape index (κ1) is 12.0. The van der Waals surface area contributed by atoms with Gasteiger partial charge in [0.15, 0.2) is 16.6 Å². The largest absolute Gasteiger partial charge is 0.476 e. The molecular weight excluding hydrogens is 240 g/mol. The number of Topliss-reactive ketones (excluding diaryl/α,β-unsaturated/α-hetero) is 1. The zero-order valence-corrected chi connectivity index (χ0v) is 10.5. The average molecular weight is 254 g/mol.